The van der Waals surface area contributed by atoms with E-state index in [-0.39, 0.29) is 12.0 Å². The standard InChI is InChI=1S/C6H14N4O2.C4H8N2O/c7-4(5(11)12)2-1-3-10-6(8)9;1-6-3-2-5-4(6)7/h4H,1-3,7H2,(H,11,12)(H4,8,9,10);2-3H2,1H3,(H,5,7). The number of nitrogens with two attached hydrogens (primary N) is 2. The molecule has 0 spiro atoms. The van der Waals surface area contributed by atoms with Crippen LogP contribution >= 0.6 is 0 Å². The van der Waals surface area contributed by atoms with Gasteiger partial charge in [0.15, 0.2) is 5.96 Å². The minimum atomic E-state index is -1.00. The lowest BCUT2D eigenvalue weighted by Crippen LogP contribution is -2.34. The minimum Gasteiger partial charge on any atom is -0.480 e. The number of urea groups is 1. The monoisotopic (exact) mass is 274 g/mol. The summed E-state index contributed by atoms with van der Waals surface area (Å²) < 4.78 is 0. The quantitative estimate of drug-likeness (QED) is 0.199. The van der Waals surface area contributed by atoms with Gasteiger partial charge in [-0.1, -0.05) is 0 Å². The third-order valence-electron chi connectivity index (χ3n) is 2.39. The molecular formula is C10H22N6O3. The number of carboxylic acids is 1. The number of guanidine groups is 1. The number of rotatable bonds is 5. The summed E-state index contributed by atoms with van der Waals surface area (Å²) in [5.41, 5.74) is 10.2. The summed E-state index contributed by atoms with van der Waals surface area (Å²) in [4.78, 5) is 22.3. The van der Waals surface area contributed by atoms with Crippen molar-refractivity contribution in [3.8, 4) is 0 Å². The Labute approximate surface area is 111 Å². The second-order valence-electron chi connectivity index (χ2n) is 4.08. The van der Waals surface area contributed by atoms with Crippen LogP contribution in [0, 0.1) is 5.41 Å². The molecule has 110 valence electrons. The lowest BCUT2D eigenvalue weighted by Gasteiger charge is -2.06. The van der Waals surface area contributed by atoms with E-state index >= 15 is 0 Å². The molecule has 2 amide bonds. The highest BCUT2D eigenvalue weighted by Crippen LogP contribution is 1.92. The van der Waals surface area contributed by atoms with Crippen LogP contribution in [0.4, 0.5) is 4.79 Å². The number of likely N-dealkylation sites (N-methyl/N-ethyl adjacent to an activating group) is 1. The van der Waals surface area contributed by atoms with E-state index in [1.165, 1.54) is 0 Å². The smallest absolute Gasteiger partial charge is 0.320 e. The van der Waals surface area contributed by atoms with Crippen LogP contribution in [0.25, 0.3) is 0 Å². The molecule has 0 radical (unpaired) electrons. The molecule has 0 aromatic heterocycles. The molecule has 1 heterocycles. The van der Waals surface area contributed by atoms with Crippen LogP contribution in [-0.2, 0) is 4.79 Å². The highest BCUT2D eigenvalue weighted by Gasteiger charge is 2.12. The topological polar surface area (TPSA) is 158 Å². The molecule has 9 nitrogen and oxygen atoms in total. The number of hydrogen-bond donors (Lipinski definition) is 6. The van der Waals surface area contributed by atoms with Crippen molar-refractivity contribution in [2.45, 2.75) is 18.9 Å². The summed E-state index contributed by atoms with van der Waals surface area (Å²) in [6.45, 7) is 2.13. The lowest BCUT2D eigenvalue weighted by molar-refractivity contribution is -0.138. The Kier molecular flexibility index (Phi) is 8.02. The molecule has 0 bridgehead atoms. The average molecular weight is 274 g/mol. The number of carboxylic acid groups (broad SMARTS) is 1. The molecule has 0 aliphatic carbocycles. The van der Waals surface area contributed by atoms with Crippen molar-refractivity contribution in [2.75, 3.05) is 26.7 Å². The van der Waals surface area contributed by atoms with Crippen LogP contribution in [0.3, 0.4) is 0 Å². The van der Waals surface area contributed by atoms with Gasteiger partial charge in [-0.15, -0.1) is 0 Å². The molecule has 1 aliphatic heterocycles. The zero-order valence-electron chi connectivity index (χ0n) is 11.0. The zero-order valence-corrected chi connectivity index (χ0v) is 11.0. The van der Waals surface area contributed by atoms with E-state index in [4.69, 9.17) is 22.0 Å². The van der Waals surface area contributed by atoms with E-state index in [1.54, 1.807) is 11.9 Å². The third kappa shape index (κ3) is 8.66. The van der Waals surface area contributed by atoms with Crippen molar-refractivity contribution in [1.29, 1.82) is 5.41 Å². The summed E-state index contributed by atoms with van der Waals surface area (Å²) in [6.07, 6.45) is 0.975. The first-order valence-corrected chi connectivity index (χ1v) is 5.89. The van der Waals surface area contributed by atoms with Crippen molar-refractivity contribution in [1.82, 2.24) is 15.5 Å². The molecule has 1 fully saturated rings. The van der Waals surface area contributed by atoms with E-state index in [0.717, 1.165) is 13.1 Å². The lowest BCUT2D eigenvalue weighted by atomic mass is 10.2. The minimum absolute atomic E-state index is 0.0417. The van der Waals surface area contributed by atoms with Crippen molar-refractivity contribution >= 4 is 18.0 Å². The summed E-state index contributed by atoms with van der Waals surface area (Å²) in [5.74, 6) is -1.11. The largest absolute Gasteiger partial charge is 0.480 e. The van der Waals surface area contributed by atoms with E-state index < -0.39 is 12.0 Å². The van der Waals surface area contributed by atoms with Crippen molar-refractivity contribution < 1.29 is 14.7 Å². The molecule has 1 unspecified atom stereocenters. The number of hydrogen-bond acceptors (Lipinski definition) is 4. The van der Waals surface area contributed by atoms with Crippen LogP contribution in [0.15, 0.2) is 0 Å². The predicted octanol–water partition coefficient (Wildman–Crippen LogP) is -1.70. The fourth-order valence-corrected chi connectivity index (χ4v) is 1.24. The molecule has 8 N–H and O–H groups in total. The second-order valence-corrected chi connectivity index (χ2v) is 4.08. The van der Waals surface area contributed by atoms with Gasteiger partial charge in [0.2, 0.25) is 0 Å². The van der Waals surface area contributed by atoms with Crippen LogP contribution in [0.2, 0.25) is 0 Å². The van der Waals surface area contributed by atoms with Gasteiger partial charge in [0, 0.05) is 26.7 Å². The Hall–Kier alpha value is -2.03. The molecule has 1 saturated heterocycles. The van der Waals surface area contributed by atoms with Gasteiger partial charge >= 0.3 is 12.0 Å². The normalized spacial score (nSPS) is 15.1. The number of carbonyl (C=O) groups excluding carboxylic acids is 1. The van der Waals surface area contributed by atoms with E-state index in [2.05, 4.69) is 10.6 Å². The molecule has 1 rings (SSSR count). The fourth-order valence-electron chi connectivity index (χ4n) is 1.24. The van der Waals surface area contributed by atoms with Crippen LogP contribution in [0.1, 0.15) is 12.8 Å². The maximum Gasteiger partial charge on any atom is 0.320 e. The Balaban J connectivity index is 0.000000388. The molecular weight excluding hydrogens is 252 g/mol. The second kappa shape index (κ2) is 8.97. The summed E-state index contributed by atoms with van der Waals surface area (Å²) >= 11 is 0. The van der Waals surface area contributed by atoms with Gasteiger partial charge in [-0.25, -0.2) is 4.79 Å². The van der Waals surface area contributed by atoms with Crippen LogP contribution < -0.4 is 22.1 Å². The zero-order chi connectivity index (χ0) is 14.8. The van der Waals surface area contributed by atoms with E-state index in [1.807, 2.05) is 0 Å². The molecule has 1 atom stereocenters. The third-order valence-corrected chi connectivity index (χ3v) is 2.39. The predicted molar refractivity (Wildman–Crippen MR) is 70.8 cm³/mol. The SMILES string of the molecule is CN1CCNC1=O.N=C(N)NCCCC(N)C(=O)O. The van der Waals surface area contributed by atoms with Crippen LogP contribution in [-0.4, -0.2) is 60.7 Å². The van der Waals surface area contributed by atoms with Crippen molar-refractivity contribution in [3.05, 3.63) is 0 Å². The molecule has 19 heavy (non-hydrogen) atoms. The Morgan fingerprint density at radius 1 is 1.68 bits per heavy atom. The first-order valence-electron chi connectivity index (χ1n) is 5.89. The molecule has 0 aromatic rings. The number of nitrogens with one attached hydrogen (secondary N) is 3. The van der Waals surface area contributed by atoms with Gasteiger partial charge in [-0.3, -0.25) is 10.2 Å². The average Bonchev–Trinajstić information content (AvgIpc) is 2.69. The Bertz CT molecular complexity index is 322. The fraction of sp³-hybridized carbons (Fsp3) is 0.700. The van der Waals surface area contributed by atoms with Gasteiger partial charge in [0.05, 0.1) is 0 Å². The first-order chi connectivity index (χ1) is 8.84. The van der Waals surface area contributed by atoms with Gasteiger partial charge < -0.3 is 32.1 Å². The first kappa shape index (κ1) is 17.0. The number of nitrogens with zero attached hydrogens (tertiary/aromatic N) is 1. The highest BCUT2D eigenvalue weighted by atomic mass is 16.4. The van der Waals surface area contributed by atoms with Gasteiger partial charge in [0.1, 0.15) is 6.04 Å². The van der Waals surface area contributed by atoms with Crippen molar-refractivity contribution in [3.63, 3.8) is 0 Å². The van der Waals surface area contributed by atoms with E-state index in [9.17, 15) is 9.59 Å². The Morgan fingerprint density at radius 3 is 2.63 bits per heavy atom. The number of carbonyl (C=O) groups is 2. The van der Waals surface area contributed by atoms with Gasteiger partial charge in [-0.05, 0) is 12.8 Å². The number of amides is 2. The van der Waals surface area contributed by atoms with Gasteiger partial charge in [-0.2, -0.15) is 0 Å². The molecule has 0 aromatic carbocycles. The maximum absolute atomic E-state index is 10.4. The Morgan fingerprint density at radius 2 is 2.32 bits per heavy atom. The highest BCUT2D eigenvalue weighted by molar-refractivity contribution is 5.75. The van der Waals surface area contributed by atoms with Crippen molar-refractivity contribution in [2.24, 2.45) is 11.5 Å². The maximum atomic E-state index is 10.4. The van der Waals surface area contributed by atoms with Crippen LogP contribution in [0.5, 0.6) is 0 Å². The molecule has 0 saturated carbocycles. The number of aliphatic carboxylic acids is 1. The molecule has 1 aliphatic rings. The summed E-state index contributed by atoms with van der Waals surface area (Å²) in [7, 11) is 1.78. The molecule has 9 heteroatoms. The summed E-state index contributed by atoms with van der Waals surface area (Å²) in [5, 5.41) is 20.4. The summed E-state index contributed by atoms with van der Waals surface area (Å²) in [6, 6.07) is -0.779. The van der Waals surface area contributed by atoms with Gasteiger partial charge in [0.25, 0.3) is 0 Å². The van der Waals surface area contributed by atoms with E-state index in [0.29, 0.717) is 19.4 Å².